The van der Waals surface area contributed by atoms with Crippen molar-refractivity contribution in [3.05, 3.63) is 59.9 Å². The van der Waals surface area contributed by atoms with Crippen LogP contribution in [0.5, 0.6) is 5.75 Å². The molecule has 1 N–H and O–H groups in total. The molecule has 4 nitrogen and oxygen atoms in total. The summed E-state index contributed by atoms with van der Waals surface area (Å²) >= 11 is 0. The molecule has 0 bridgehead atoms. The van der Waals surface area contributed by atoms with Crippen molar-refractivity contribution < 1.29 is 14.6 Å². The summed E-state index contributed by atoms with van der Waals surface area (Å²) in [5.41, 5.74) is 0.922. The fourth-order valence-electron chi connectivity index (χ4n) is 1.60. The summed E-state index contributed by atoms with van der Waals surface area (Å²) < 4.78 is 5.01. The molecule has 1 unspecified atom stereocenters. The third-order valence-electron chi connectivity index (χ3n) is 2.62. The Bertz CT molecular complexity index is 522. The third-order valence-corrected chi connectivity index (χ3v) is 2.62. The van der Waals surface area contributed by atoms with Gasteiger partial charge in [-0.3, -0.25) is 9.78 Å². The van der Waals surface area contributed by atoms with Gasteiger partial charge in [0.25, 0.3) is 0 Å². The Labute approximate surface area is 105 Å². The van der Waals surface area contributed by atoms with Crippen LogP contribution in [0.25, 0.3) is 0 Å². The maximum absolute atomic E-state index is 12.0. The van der Waals surface area contributed by atoms with Crippen molar-refractivity contribution in [1.82, 2.24) is 4.98 Å². The molecule has 0 spiro atoms. The largest absolute Gasteiger partial charge is 0.497 e. The van der Waals surface area contributed by atoms with Crippen LogP contribution in [0.2, 0.25) is 0 Å². The van der Waals surface area contributed by atoms with Crippen LogP contribution >= 0.6 is 0 Å². The van der Waals surface area contributed by atoms with Crippen molar-refractivity contribution in [1.29, 1.82) is 0 Å². The zero-order valence-electron chi connectivity index (χ0n) is 9.91. The second kappa shape index (κ2) is 5.42. The van der Waals surface area contributed by atoms with Crippen LogP contribution in [0, 0.1) is 0 Å². The molecule has 1 aromatic heterocycles. The van der Waals surface area contributed by atoms with Crippen molar-refractivity contribution in [3.63, 3.8) is 0 Å². The van der Waals surface area contributed by atoms with Crippen molar-refractivity contribution in [3.8, 4) is 5.75 Å². The fourth-order valence-corrected chi connectivity index (χ4v) is 1.60. The smallest absolute Gasteiger partial charge is 0.195 e. The van der Waals surface area contributed by atoms with E-state index in [4.69, 9.17) is 4.74 Å². The highest BCUT2D eigenvalue weighted by molar-refractivity contribution is 5.99. The molecule has 1 heterocycles. The van der Waals surface area contributed by atoms with Crippen LogP contribution in [0.3, 0.4) is 0 Å². The second-order valence-corrected chi connectivity index (χ2v) is 3.78. The number of pyridine rings is 1. The van der Waals surface area contributed by atoms with Gasteiger partial charge < -0.3 is 9.84 Å². The molecule has 2 rings (SSSR count). The Kier molecular flexibility index (Phi) is 3.69. The molecule has 92 valence electrons. The summed E-state index contributed by atoms with van der Waals surface area (Å²) in [7, 11) is 1.56. The number of nitrogens with zero attached hydrogens (tertiary/aromatic N) is 1. The first kappa shape index (κ1) is 12.3. The maximum Gasteiger partial charge on any atom is 0.195 e. The number of aliphatic hydroxyl groups is 1. The number of carbonyl (C=O) groups excluding carboxylic acids is 1. The van der Waals surface area contributed by atoms with Crippen molar-refractivity contribution in [2.75, 3.05) is 7.11 Å². The van der Waals surface area contributed by atoms with Crippen LogP contribution in [-0.2, 0) is 0 Å². The monoisotopic (exact) mass is 243 g/mol. The maximum atomic E-state index is 12.0. The molecule has 0 radical (unpaired) electrons. The Balaban J connectivity index is 2.20. The lowest BCUT2D eigenvalue weighted by Crippen LogP contribution is -2.12. The van der Waals surface area contributed by atoms with Crippen molar-refractivity contribution in [2.45, 2.75) is 6.10 Å². The van der Waals surface area contributed by atoms with Gasteiger partial charge in [-0.1, -0.05) is 6.07 Å². The van der Waals surface area contributed by atoms with E-state index in [2.05, 4.69) is 4.98 Å². The third kappa shape index (κ3) is 2.55. The molecule has 0 aliphatic carbocycles. The number of aromatic nitrogens is 1. The van der Waals surface area contributed by atoms with Gasteiger partial charge >= 0.3 is 0 Å². The Morgan fingerprint density at radius 2 is 2.00 bits per heavy atom. The Hall–Kier alpha value is -2.20. The number of ketones is 1. The highest BCUT2D eigenvalue weighted by Crippen LogP contribution is 2.19. The number of carbonyl (C=O) groups is 1. The quantitative estimate of drug-likeness (QED) is 0.834. The summed E-state index contributed by atoms with van der Waals surface area (Å²) in [6.07, 6.45) is 1.88. The van der Waals surface area contributed by atoms with Crippen molar-refractivity contribution in [2.24, 2.45) is 0 Å². The van der Waals surface area contributed by atoms with Gasteiger partial charge in [0, 0.05) is 23.5 Å². The number of rotatable bonds is 4. The Morgan fingerprint density at radius 3 is 2.56 bits per heavy atom. The Morgan fingerprint density at radius 1 is 1.28 bits per heavy atom. The number of aliphatic hydroxyl groups excluding tert-OH is 1. The molecular formula is C14H13NO3. The molecule has 0 aliphatic heterocycles. The molecule has 4 heteroatoms. The topological polar surface area (TPSA) is 59.4 Å². The minimum Gasteiger partial charge on any atom is -0.497 e. The van der Waals surface area contributed by atoms with Gasteiger partial charge in [0.05, 0.1) is 7.11 Å². The summed E-state index contributed by atoms with van der Waals surface area (Å²) in [6.45, 7) is 0. The van der Waals surface area contributed by atoms with Crippen LogP contribution < -0.4 is 4.74 Å². The highest BCUT2D eigenvalue weighted by atomic mass is 16.5. The first-order chi connectivity index (χ1) is 8.72. The molecule has 0 amide bonds. The van der Waals surface area contributed by atoms with E-state index >= 15 is 0 Å². The van der Waals surface area contributed by atoms with Gasteiger partial charge in [0.1, 0.15) is 11.9 Å². The van der Waals surface area contributed by atoms with Crippen molar-refractivity contribution >= 4 is 5.78 Å². The summed E-state index contributed by atoms with van der Waals surface area (Å²) in [4.78, 5) is 15.9. The van der Waals surface area contributed by atoms with Crippen LogP contribution in [0.1, 0.15) is 22.0 Å². The van der Waals surface area contributed by atoms with Crippen LogP contribution in [-0.4, -0.2) is 23.0 Å². The summed E-state index contributed by atoms with van der Waals surface area (Å²) in [5, 5.41) is 9.95. The molecule has 0 aliphatic rings. The number of methoxy groups -OCH3 is 1. The standard InChI is InChI=1S/C14H13NO3/c1-18-12-6-4-10(5-7-12)13(16)14(17)11-3-2-8-15-9-11/h2-9,14,17H,1H3. The summed E-state index contributed by atoms with van der Waals surface area (Å²) in [6, 6.07) is 9.97. The molecule has 0 saturated heterocycles. The van der Waals surface area contributed by atoms with E-state index in [1.807, 2.05) is 0 Å². The van der Waals surface area contributed by atoms with E-state index in [1.54, 1.807) is 49.7 Å². The minimum absolute atomic E-state index is 0.356. The average molecular weight is 243 g/mol. The van der Waals surface area contributed by atoms with E-state index in [1.165, 1.54) is 6.20 Å². The first-order valence-electron chi connectivity index (χ1n) is 5.48. The predicted octanol–water partition coefficient (Wildman–Crippen LogP) is 2.01. The van der Waals surface area contributed by atoms with E-state index in [0.717, 1.165) is 0 Å². The predicted molar refractivity (Wildman–Crippen MR) is 66.5 cm³/mol. The normalized spacial score (nSPS) is 11.9. The molecular weight excluding hydrogens is 230 g/mol. The molecule has 1 aromatic carbocycles. The van der Waals surface area contributed by atoms with E-state index in [9.17, 15) is 9.90 Å². The average Bonchev–Trinajstić information content (AvgIpc) is 2.47. The van der Waals surface area contributed by atoms with Crippen LogP contribution in [0.4, 0.5) is 0 Å². The minimum atomic E-state index is -1.19. The molecule has 0 fully saturated rings. The van der Waals surface area contributed by atoms with Crippen LogP contribution in [0.15, 0.2) is 48.8 Å². The van der Waals surface area contributed by atoms with Gasteiger partial charge in [0.2, 0.25) is 0 Å². The van der Waals surface area contributed by atoms with E-state index in [-0.39, 0.29) is 5.78 Å². The van der Waals surface area contributed by atoms with Gasteiger partial charge in [-0.25, -0.2) is 0 Å². The van der Waals surface area contributed by atoms with E-state index in [0.29, 0.717) is 16.9 Å². The zero-order valence-corrected chi connectivity index (χ0v) is 9.91. The van der Waals surface area contributed by atoms with Gasteiger partial charge in [-0.15, -0.1) is 0 Å². The SMILES string of the molecule is COc1ccc(C(=O)C(O)c2cccnc2)cc1. The van der Waals surface area contributed by atoms with Gasteiger partial charge in [0.15, 0.2) is 5.78 Å². The van der Waals surface area contributed by atoms with Gasteiger partial charge in [-0.05, 0) is 30.3 Å². The number of hydrogen-bond acceptors (Lipinski definition) is 4. The van der Waals surface area contributed by atoms with Gasteiger partial charge in [-0.2, -0.15) is 0 Å². The number of Topliss-reactive ketones (excluding diaryl/α,β-unsaturated/α-hetero) is 1. The summed E-state index contributed by atoms with van der Waals surface area (Å²) in [5.74, 6) is 0.313. The zero-order chi connectivity index (χ0) is 13.0. The number of benzene rings is 1. The first-order valence-corrected chi connectivity index (χ1v) is 5.48. The van der Waals surface area contributed by atoms with E-state index < -0.39 is 6.10 Å². The lowest BCUT2D eigenvalue weighted by molar-refractivity contribution is 0.0747. The number of ether oxygens (including phenoxy) is 1. The lowest BCUT2D eigenvalue weighted by Gasteiger charge is -2.09. The number of hydrogen-bond donors (Lipinski definition) is 1. The highest BCUT2D eigenvalue weighted by Gasteiger charge is 2.19. The fraction of sp³-hybridized carbons (Fsp3) is 0.143. The second-order valence-electron chi connectivity index (χ2n) is 3.78. The molecule has 18 heavy (non-hydrogen) atoms. The molecule has 2 aromatic rings. The molecule has 0 saturated carbocycles. The molecule has 1 atom stereocenters. The lowest BCUT2D eigenvalue weighted by atomic mass is 10.0.